The van der Waals surface area contributed by atoms with E-state index in [0.717, 1.165) is 0 Å². The van der Waals surface area contributed by atoms with Crippen LogP contribution < -0.4 is 5.32 Å². The smallest absolute Gasteiger partial charge is 0.320 e. The van der Waals surface area contributed by atoms with Gasteiger partial charge < -0.3 is 10.4 Å². The summed E-state index contributed by atoms with van der Waals surface area (Å²) in [7, 11) is 0. The maximum absolute atomic E-state index is 13.2. The molecule has 1 aliphatic heterocycles. The Balaban J connectivity index is 2.38. The fourth-order valence-electron chi connectivity index (χ4n) is 2.04. The largest absolute Gasteiger partial charge is 0.480 e. The Morgan fingerprint density at radius 2 is 2.27 bits per heavy atom. The molecule has 0 bridgehead atoms. The van der Waals surface area contributed by atoms with Crippen molar-refractivity contribution >= 4 is 5.97 Å². The highest BCUT2D eigenvalue weighted by Gasteiger charge is 2.37. The maximum Gasteiger partial charge on any atom is 0.320 e. The Morgan fingerprint density at radius 1 is 1.60 bits per heavy atom. The van der Waals surface area contributed by atoms with E-state index >= 15 is 0 Å². The molecular weight excluding hydrogens is 204 g/mol. The highest BCUT2D eigenvalue weighted by molar-refractivity contribution is 5.73. The Morgan fingerprint density at radius 3 is 2.73 bits per heavy atom. The molecule has 3 nitrogen and oxygen atoms in total. The first kappa shape index (κ1) is 12.4. The number of halogens is 2. The first-order chi connectivity index (χ1) is 6.94. The van der Waals surface area contributed by atoms with Crippen LogP contribution in [-0.2, 0) is 4.79 Å². The van der Waals surface area contributed by atoms with Crippen LogP contribution in [0.5, 0.6) is 0 Å². The molecule has 1 rings (SSSR count). The number of aliphatic carboxylic acids is 1. The van der Waals surface area contributed by atoms with E-state index in [2.05, 4.69) is 5.32 Å². The Bertz CT molecular complexity index is 233. The monoisotopic (exact) mass is 221 g/mol. The van der Waals surface area contributed by atoms with E-state index in [1.807, 2.05) is 0 Å². The summed E-state index contributed by atoms with van der Waals surface area (Å²) in [6.07, 6.45) is 0.461. The first-order valence-corrected chi connectivity index (χ1v) is 5.28. The number of rotatable bonds is 5. The van der Waals surface area contributed by atoms with Gasteiger partial charge in [0.2, 0.25) is 5.92 Å². The van der Waals surface area contributed by atoms with Crippen molar-refractivity contribution in [3.8, 4) is 0 Å². The lowest BCUT2D eigenvalue weighted by atomic mass is 9.96. The molecule has 0 spiro atoms. The average Bonchev–Trinajstić information content (AvgIpc) is 2.51. The van der Waals surface area contributed by atoms with Crippen molar-refractivity contribution < 1.29 is 18.7 Å². The van der Waals surface area contributed by atoms with Gasteiger partial charge in [0, 0.05) is 12.8 Å². The molecule has 5 heteroatoms. The number of carboxylic acids is 1. The molecule has 0 saturated carbocycles. The van der Waals surface area contributed by atoms with Crippen molar-refractivity contribution in [2.24, 2.45) is 5.92 Å². The lowest BCUT2D eigenvalue weighted by Gasteiger charge is -2.18. The molecule has 0 aromatic heterocycles. The predicted octanol–water partition coefficient (Wildman–Crippen LogP) is 1.87. The Hall–Kier alpha value is -0.710. The van der Waals surface area contributed by atoms with Gasteiger partial charge in [-0.25, -0.2) is 8.78 Å². The standard InChI is InChI=1S/C10H17F2NO2/c1-2-3-10(11,12)5-7-4-8(9(14)15)13-6-7/h7-8,13H,2-6H2,1H3,(H,14,15). The van der Waals surface area contributed by atoms with Crippen LogP contribution in [-0.4, -0.2) is 29.6 Å². The minimum Gasteiger partial charge on any atom is -0.480 e. The first-order valence-electron chi connectivity index (χ1n) is 5.28. The topological polar surface area (TPSA) is 49.3 Å². The number of carbonyl (C=O) groups is 1. The van der Waals surface area contributed by atoms with Crippen LogP contribution in [0.3, 0.4) is 0 Å². The Labute approximate surface area is 87.9 Å². The van der Waals surface area contributed by atoms with Gasteiger partial charge in [0.05, 0.1) is 0 Å². The number of alkyl halides is 2. The molecule has 1 fully saturated rings. The van der Waals surface area contributed by atoms with Crippen LogP contribution in [0.4, 0.5) is 8.78 Å². The van der Waals surface area contributed by atoms with Crippen LogP contribution in [0.1, 0.15) is 32.6 Å². The highest BCUT2D eigenvalue weighted by atomic mass is 19.3. The SMILES string of the molecule is CCCC(F)(F)CC1CNC(C(=O)O)C1. The van der Waals surface area contributed by atoms with Crippen molar-refractivity contribution in [2.45, 2.75) is 44.6 Å². The summed E-state index contributed by atoms with van der Waals surface area (Å²) in [5, 5.41) is 11.4. The quantitative estimate of drug-likeness (QED) is 0.745. The molecule has 1 heterocycles. The van der Waals surface area contributed by atoms with Crippen LogP contribution >= 0.6 is 0 Å². The molecule has 2 atom stereocenters. The average molecular weight is 221 g/mol. The van der Waals surface area contributed by atoms with Crippen LogP contribution in [0.25, 0.3) is 0 Å². The lowest BCUT2D eigenvalue weighted by Crippen LogP contribution is -2.29. The number of hydrogen-bond donors (Lipinski definition) is 2. The minimum atomic E-state index is -2.64. The highest BCUT2D eigenvalue weighted by Crippen LogP contribution is 2.32. The molecule has 2 N–H and O–H groups in total. The third-order valence-corrected chi connectivity index (χ3v) is 2.72. The Kier molecular flexibility index (Phi) is 4.02. The van der Waals surface area contributed by atoms with Crippen molar-refractivity contribution in [2.75, 3.05) is 6.54 Å². The van der Waals surface area contributed by atoms with Crippen molar-refractivity contribution in [1.82, 2.24) is 5.32 Å². The normalized spacial score (nSPS) is 26.9. The molecule has 1 aliphatic rings. The number of hydrogen-bond acceptors (Lipinski definition) is 2. The van der Waals surface area contributed by atoms with Gasteiger partial charge in [0.25, 0.3) is 0 Å². The molecule has 2 unspecified atom stereocenters. The fourth-order valence-corrected chi connectivity index (χ4v) is 2.04. The minimum absolute atomic E-state index is 0.110. The third kappa shape index (κ3) is 3.74. The van der Waals surface area contributed by atoms with Crippen LogP contribution in [0.15, 0.2) is 0 Å². The molecule has 0 amide bonds. The molecular formula is C10H17F2NO2. The van der Waals surface area contributed by atoms with E-state index in [-0.39, 0.29) is 18.8 Å². The lowest BCUT2D eigenvalue weighted by molar-refractivity contribution is -0.139. The van der Waals surface area contributed by atoms with E-state index in [9.17, 15) is 13.6 Å². The molecule has 1 saturated heterocycles. The zero-order valence-electron chi connectivity index (χ0n) is 8.80. The zero-order valence-corrected chi connectivity index (χ0v) is 8.80. The number of carboxylic acid groups (broad SMARTS) is 1. The second kappa shape index (κ2) is 4.88. The molecule has 0 aliphatic carbocycles. The van der Waals surface area contributed by atoms with Gasteiger partial charge in [-0.05, 0) is 18.9 Å². The summed E-state index contributed by atoms with van der Waals surface area (Å²) in [6.45, 7) is 2.11. The molecule has 15 heavy (non-hydrogen) atoms. The number of nitrogens with one attached hydrogen (secondary N) is 1. The summed E-state index contributed by atoms with van der Waals surface area (Å²) in [5.74, 6) is -3.81. The molecule has 0 aromatic rings. The van der Waals surface area contributed by atoms with Crippen molar-refractivity contribution in [3.05, 3.63) is 0 Å². The fraction of sp³-hybridized carbons (Fsp3) is 0.900. The third-order valence-electron chi connectivity index (χ3n) is 2.72. The van der Waals surface area contributed by atoms with Gasteiger partial charge in [-0.2, -0.15) is 0 Å². The summed E-state index contributed by atoms with van der Waals surface area (Å²) < 4.78 is 26.5. The van der Waals surface area contributed by atoms with Gasteiger partial charge in [-0.15, -0.1) is 0 Å². The second-order valence-electron chi connectivity index (χ2n) is 4.21. The van der Waals surface area contributed by atoms with Crippen LogP contribution in [0, 0.1) is 5.92 Å². The molecule has 0 radical (unpaired) electrons. The van der Waals surface area contributed by atoms with Gasteiger partial charge in [0.1, 0.15) is 6.04 Å². The van der Waals surface area contributed by atoms with Crippen LogP contribution in [0.2, 0.25) is 0 Å². The summed E-state index contributed by atoms with van der Waals surface area (Å²) >= 11 is 0. The van der Waals surface area contributed by atoms with Gasteiger partial charge in [-0.3, -0.25) is 4.79 Å². The maximum atomic E-state index is 13.2. The van der Waals surface area contributed by atoms with Gasteiger partial charge >= 0.3 is 5.97 Å². The summed E-state index contributed by atoms with van der Waals surface area (Å²) in [4.78, 5) is 10.6. The summed E-state index contributed by atoms with van der Waals surface area (Å²) in [5.41, 5.74) is 0. The van der Waals surface area contributed by atoms with E-state index in [1.54, 1.807) is 6.92 Å². The van der Waals surface area contributed by atoms with E-state index in [0.29, 0.717) is 19.4 Å². The molecule has 0 aromatic carbocycles. The van der Waals surface area contributed by atoms with Crippen molar-refractivity contribution in [3.63, 3.8) is 0 Å². The van der Waals surface area contributed by atoms with Gasteiger partial charge in [-0.1, -0.05) is 13.3 Å². The van der Waals surface area contributed by atoms with Gasteiger partial charge in [0.15, 0.2) is 0 Å². The van der Waals surface area contributed by atoms with Crippen molar-refractivity contribution in [1.29, 1.82) is 0 Å². The zero-order chi connectivity index (χ0) is 11.5. The molecule has 88 valence electrons. The predicted molar refractivity (Wildman–Crippen MR) is 52.0 cm³/mol. The van der Waals surface area contributed by atoms with E-state index in [1.165, 1.54) is 0 Å². The summed E-state index contributed by atoms with van der Waals surface area (Å²) in [6, 6.07) is -0.646. The van der Waals surface area contributed by atoms with E-state index in [4.69, 9.17) is 5.11 Å². The van der Waals surface area contributed by atoms with E-state index < -0.39 is 17.9 Å². The second-order valence-corrected chi connectivity index (χ2v) is 4.21.